The van der Waals surface area contributed by atoms with Crippen molar-refractivity contribution in [2.45, 2.75) is 25.4 Å². The molecule has 0 amide bonds. The molecule has 88 valence electrons. The van der Waals surface area contributed by atoms with Gasteiger partial charge in [0.2, 0.25) is 0 Å². The molecule has 1 aliphatic carbocycles. The number of aromatic nitrogens is 2. The largest absolute Gasteiger partial charge is 0.306 e. The average molecular weight is 248 g/mol. The van der Waals surface area contributed by atoms with E-state index >= 15 is 0 Å². The molecule has 0 saturated heterocycles. The van der Waals surface area contributed by atoms with Gasteiger partial charge in [0.05, 0.1) is 6.20 Å². The van der Waals surface area contributed by atoms with Crippen molar-refractivity contribution in [3.8, 4) is 0 Å². The molecule has 1 atom stereocenters. The van der Waals surface area contributed by atoms with E-state index in [1.807, 2.05) is 18.5 Å². The summed E-state index contributed by atoms with van der Waals surface area (Å²) in [6.45, 7) is 0.850. The lowest BCUT2D eigenvalue weighted by atomic mass is 10.1. The molecule has 4 heteroatoms. The molecule has 1 aliphatic rings. The molecule has 1 aromatic carbocycles. The number of benzene rings is 1. The number of nitrogens with one attached hydrogen (secondary N) is 2. The molecule has 0 bridgehead atoms. The summed E-state index contributed by atoms with van der Waals surface area (Å²) in [4.78, 5) is 0. The van der Waals surface area contributed by atoms with Crippen LogP contribution in [-0.4, -0.2) is 10.2 Å². The van der Waals surface area contributed by atoms with Crippen LogP contribution in [0.4, 0.5) is 0 Å². The molecule has 17 heavy (non-hydrogen) atoms. The number of aromatic amines is 1. The SMILES string of the molecule is Clc1ccc2c(c1)CCC2NCc1cn[nH]c1. The van der Waals surface area contributed by atoms with E-state index in [2.05, 4.69) is 27.6 Å². The van der Waals surface area contributed by atoms with Gasteiger partial charge >= 0.3 is 0 Å². The minimum absolute atomic E-state index is 0.442. The first-order valence-corrected chi connectivity index (χ1v) is 6.20. The van der Waals surface area contributed by atoms with Crippen molar-refractivity contribution in [2.75, 3.05) is 0 Å². The van der Waals surface area contributed by atoms with Gasteiger partial charge in [-0.3, -0.25) is 5.10 Å². The second-order valence-corrected chi connectivity index (χ2v) is 4.86. The number of hydrogen-bond acceptors (Lipinski definition) is 2. The summed E-state index contributed by atoms with van der Waals surface area (Å²) < 4.78 is 0. The molecule has 0 aliphatic heterocycles. The Balaban J connectivity index is 1.71. The lowest BCUT2D eigenvalue weighted by Gasteiger charge is -2.13. The summed E-state index contributed by atoms with van der Waals surface area (Å²) >= 11 is 6.00. The summed E-state index contributed by atoms with van der Waals surface area (Å²) in [6.07, 6.45) is 6.03. The number of halogens is 1. The Hall–Kier alpha value is -1.32. The molecule has 3 rings (SSSR count). The van der Waals surface area contributed by atoms with Gasteiger partial charge in [-0.25, -0.2) is 0 Å². The maximum Gasteiger partial charge on any atom is 0.0532 e. The third-order valence-corrected chi connectivity index (χ3v) is 3.53. The van der Waals surface area contributed by atoms with Gasteiger partial charge in [-0.1, -0.05) is 17.7 Å². The number of fused-ring (bicyclic) bond motifs is 1. The highest BCUT2D eigenvalue weighted by Gasteiger charge is 2.21. The van der Waals surface area contributed by atoms with Crippen molar-refractivity contribution < 1.29 is 0 Å². The van der Waals surface area contributed by atoms with Crippen molar-refractivity contribution >= 4 is 11.6 Å². The van der Waals surface area contributed by atoms with Crippen molar-refractivity contribution in [3.05, 3.63) is 52.3 Å². The lowest BCUT2D eigenvalue weighted by molar-refractivity contribution is 0.530. The van der Waals surface area contributed by atoms with Crippen LogP contribution < -0.4 is 5.32 Å². The number of H-pyrrole nitrogens is 1. The van der Waals surface area contributed by atoms with Crippen LogP contribution in [0, 0.1) is 0 Å². The smallest absolute Gasteiger partial charge is 0.0532 e. The van der Waals surface area contributed by atoms with Gasteiger partial charge in [0.1, 0.15) is 0 Å². The van der Waals surface area contributed by atoms with Crippen LogP contribution in [0.15, 0.2) is 30.6 Å². The zero-order chi connectivity index (χ0) is 11.7. The maximum absolute atomic E-state index is 6.00. The molecule has 1 unspecified atom stereocenters. The maximum atomic E-state index is 6.00. The number of rotatable bonds is 3. The summed E-state index contributed by atoms with van der Waals surface area (Å²) in [5.74, 6) is 0. The van der Waals surface area contributed by atoms with Crippen molar-refractivity contribution in [1.29, 1.82) is 0 Å². The molecule has 0 saturated carbocycles. The number of aryl methyl sites for hydroxylation is 1. The Morgan fingerprint density at radius 2 is 2.41 bits per heavy atom. The molecule has 2 N–H and O–H groups in total. The van der Waals surface area contributed by atoms with E-state index in [0.717, 1.165) is 24.4 Å². The monoisotopic (exact) mass is 247 g/mol. The fourth-order valence-corrected chi connectivity index (χ4v) is 2.61. The fraction of sp³-hybridized carbons (Fsp3) is 0.308. The predicted octanol–water partition coefficient (Wildman–Crippen LogP) is 2.84. The predicted molar refractivity (Wildman–Crippen MR) is 67.9 cm³/mol. The van der Waals surface area contributed by atoms with E-state index < -0.39 is 0 Å². The molecular formula is C13H14ClN3. The Bertz CT molecular complexity index is 507. The van der Waals surface area contributed by atoms with Crippen molar-refractivity contribution in [3.63, 3.8) is 0 Å². The highest BCUT2D eigenvalue weighted by atomic mass is 35.5. The Kier molecular flexibility index (Phi) is 2.87. The van der Waals surface area contributed by atoms with Gasteiger partial charge in [-0.05, 0) is 36.1 Å². The minimum atomic E-state index is 0.442. The van der Waals surface area contributed by atoms with E-state index in [4.69, 9.17) is 11.6 Å². The van der Waals surface area contributed by atoms with Crippen LogP contribution in [0.2, 0.25) is 5.02 Å². The molecule has 1 heterocycles. The third kappa shape index (κ3) is 2.21. The number of hydrogen-bond donors (Lipinski definition) is 2. The van der Waals surface area contributed by atoms with E-state index in [-0.39, 0.29) is 0 Å². The molecule has 0 radical (unpaired) electrons. The average Bonchev–Trinajstić information content (AvgIpc) is 2.94. The zero-order valence-corrected chi connectivity index (χ0v) is 10.2. The minimum Gasteiger partial charge on any atom is -0.306 e. The standard InChI is InChI=1S/C13H14ClN3/c14-11-2-3-12-10(5-11)1-4-13(12)15-6-9-7-16-17-8-9/h2-3,5,7-8,13,15H,1,4,6H2,(H,16,17). The molecule has 1 aromatic heterocycles. The van der Waals surface area contributed by atoms with E-state index in [0.29, 0.717) is 6.04 Å². The summed E-state index contributed by atoms with van der Waals surface area (Å²) in [5.41, 5.74) is 3.95. The van der Waals surface area contributed by atoms with Gasteiger partial charge in [-0.2, -0.15) is 5.10 Å². The Morgan fingerprint density at radius 1 is 1.47 bits per heavy atom. The quantitative estimate of drug-likeness (QED) is 0.876. The highest BCUT2D eigenvalue weighted by Crippen LogP contribution is 2.32. The van der Waals surface area contributed by atoms with Crippen LogP contribution in [0.25, 0.3) is 0 Å². The second kappa shape index (κ2) is 4.51. The van der Waals surface area contributed by atoms with Crippen molar-refractivity contribution in [1.82, 2.24) is 15.5 Å². The molecule has 2 aromatic rings. The van der Waals surface area contributed by atoms with Crippen LogP contribution in [-0.2, 0) is 13.0 Å². The van der Waals surface area contributed by atoms with Gasteiger partial charge < -0.3 is 5.32 Å². The van der Waals surface area contributed by atoms with Crippen LogP contribution >= 0.6 is 11.6 Å². The van der Waals surface area contributed by atoms with Crippen molar-refractivity contribution in [2.24, 2.45) is 0 Å². The first-order valence-electron chi connectivity index (χ1n) is 5.82. The van der Waals surface area contributed by atoms with E-state index in [9.17, 15) is 0 Å². The summed E-state index contributed by atoms with van der Waals surface area (Å²) in [5, 5.41) is 11.2. The highest BCUT2D eigenvalue weighted by molar-refractivity contribution is 6.30. The Morgan fingerprint density at radius 3 is 3.24 bits per heavy atom. The molecule has 0 fully saturated rings. The normalized spacial score (nSPS) is 18.3. The van der Waals surface area contributed by atoms with E-state index in [1.165, 1.54) is 16.7 Å². The van der Waals surface area contributed by atoms with Crippen LogP contribution in [0.1, 0.15) is 29.2 Å². The molecule has 3 nitrogen and oxygen atoms in total. The lowest BCUT2D eigenvalue weighted by Crippen LogP contribution is -2.18. The van der Waals surface area contributed by atoms with Gasteiger partial charge in [0, 0.05) is 29.4 Å². The van der Waals surface area contributed by atoms with Gasteiger partial charge in [0.25, 0.3) is 0 Å². The Labute approximate surface area is 105 Å². The number of nitrogens with zero attached hydrogens (tertiary/aromatic N) is 1. The first-order chi connectivity index (χ1) is 8.33. The van der Waals surface area contributed by atoms with Crippen LogP contribution in [0.5, 0.6) is 0 Å². The van der Waals surface area contributed by atoms with Crippen LogP contribution in [0.3, 0.4) is 0 Å². The zero-order valence-electron chi connectivity index (χ0n) is 9.41. The second-order valence-electron chi connectivity index (χ2n) is 4.42. The summed E-state index contributed by atoms with van der Waals surface area (Å²) in [6, 6.07) is 6.63. The first kappa shape index (κ1) is 10.8. The third-order valence-electron chi connectivity index (χ3n) is 3.29. The fourth-order valence-electron chi connectivity index (χ4n) is 2.41. The topological polar surface area (TPSA) is 40.7 Å². The molecular weight excluding hydrogens is 234 g/mol. The molecule has 0 spiro atoms. The van der Waals surface area contributed by atoms with E-state index in [1.54, 1.807) is 0 Å². The summed E-state index contributed by atoms with van der Waals surface area (Å²) in [7, 11) is 0. The van der Waals surface area contributed by atoms with Gasteiger partial charge in [0.15, 0.2) is 0 Å². The van der Waals surface area contributed by atoms with Gasteiger partial charge in [-0.15, -0.1) is 0 Å².